The zero-order chi connectivity index (χ0) is 15.1. The first-order valence-corrected chi connectivity index (χ1v) is 7.50. The van der Waals surface area contributed by atoms with E-state index in [0.717, 1.165) is 18.5 Å². The van der Waals surface area contributed by atoms with E-state index in [1.54, 1.807) is 0 Å². The number of rotatable bonds is 7. The first kappa shape index (κ1) is 16.5. The Balaban J connectivity index is 2.31. The number of urea groups is 1. The Hall–Kier alpha value is -1.52. The summed E-state index contributed by atoms with van der Waals surface area (Å²) in [6.07, 6.45) is 4.08. The van der Waals surface area contributed by atoms with Crippen molar-refractivity contribution in [1.82, 2.24) is 20.4 Å². The van der Waals surface area contributed by atoms with Crippen LogP contribution in [0.2, 0.25) is 0 Å². The van der Waals surface area contributed by atoms with Crippen molar-refractivity contribution < 1.29 is 4.79 Å². The molecule has 0 aliphatic carbocycles. The van der Waals surface area contributed by atoms with Crippen LogP contribution >= 0.6 is 0 Å². The van der Waals surface area contributed by atoms with Crippen LogP contribution in [0, 0.1) is 5.92 Å². The standard InChI is InChI=1S/C15H28N4O/c1-6-12(4)9-13(5)17-15(20)16-10-14-7-8-19(18-14)11(2)3/h7-8,11-13H,6,9-10H2,1-5H3,(H2,16,17,20)/t12-,13-/m0/s1. The van der Waals surface area contributed by atoms with Gasteiger partial charge in [0.25, 0.3) is 0 Å². The third-order valence-electron chi connectivity index (χ3n) is 3.45. The van der Waals surface area contributed by atoms with Gasteiger partial charge in [-0.05, 0) is 39.2 Å². The molecule has 0 aromatic carbocycles. The molecule has 0 aliphatic rings. The fourth-order valence-corrected chi connectivity index (χ4v) is 2.03. The van der Waals surface area contributed by atoms with Crippen molar-refractivity contribution in [3.8, 4) is 0 Å². The van der Waals surface area contributed by atoms with Gasteiger partial charge in [-0.2, -0.15) is 5.10 Å². The van der Waals surface area contributed by atoms with E-state index in [0.29, 0.717) is 18.5 Å². The van der Waals surface area contributed by atoms with Gasteiger partial charge in [-0.1, -0.05) is 20.3 Å². The number of carbonyl (C=O) groups is 1. The van der Waals surface area contributed by atoms with E-state index in [2.05, 4.69) is 43.4 Å². The van der Waals surface area contributed by atoms with Crippen LogP contribution in [0.1, 0.15) is 59.2 Å². The fraction of sp³-hybridized carbons (Fsp3) is 0.733. The maximum Gasteiger partial charge on any atom is 0.315 e. The number of nitrogens with one attached hydrogen (secondary N) is 2. The molecule has 1 rings (SSSR count). The Morgan fingerprint density at radius 2 is 2.05 bits per heavy atom. The average molecular weight is 280 g/mol. The highest BCUT2D eigenvalue weighted by Crippen LogP contribution is 2.09. The summed E-state index contributed by atoms with van der Waals surface area (Å²) < 4.78 is 1.89. The predicted molar refractivity (Wildman–Crippen MR) is 81.5 cm³/mol. The van der Waals surface area contributed by atoms with Crippen LogP contribution in [0.5, 0.6) is 0 Å². The predicted octanol–water partition coefficient (Wildman–Crippen LogP) is 3.09. The summed E-state index contributed by atoms with van der Waals surface area (Å²) >= 11 is 0. The lowest BCUT2D eigenvalue weighted by atomic mass is 10.0. The lowest BCUT2D eigenvalue weighted by molar-refractivity contribution is 0.235. The smallest absolute Gasteiger partial charge is 0.315 e. The molecule has 0 spiro atoms. The molecule has 5 heteroatoms. The second-order valence-electron chi connectivity index (χ2n) is 5.86. The van der Waals surface area contributed by atoms with Crippen LogP contribution in [0.25, 0.3) is 0 Å². The van der Waals surface area contributed by atoms with Crippen LogP contribution in [-0.4, -0.2) is 21.9 Å². The molecule has 1 heterocycles. The van der Waals surface area contributed by atoms with Crippen molar-refractivity contribution in [1.29, 1.82) is 0 Å². The van der Waals surface area contributed by atoms with Crippen LogP contribution in [0.15, 0.2) is 12.3 Å². The van der Waals surface area contributed by atoms with E-state index in [1.165, 1.54) is 0 Å². The Kier molecular flexibility index (Phi) is 6.55. The van der Waals surface area contributed by atoms with Crippen molar-refractivity contribution in [3.63, 3.8) is 0 Å². The van der Waals surface area contributed by atoms with E-state index < -0.39 is 0 Å². The zero-order valence-corrected chi connectivity index (χ0v) is 13.3. The number of hydrogen-bond donors (Lipinski definition) is 2. The number of amides is 2. The van der Waals surface area contributed by atoms with Gasteiger partial charge >= 0.3 is 6.03 Å². The minimum atomic E-state index is -0.125. The van der Waals surface area contributed by atoms with Gasteiger partial charge in [-0.15, -0.1) is 0 Å². The first-order valence-electron chi connectivity index (χ1n) is 7.50. The van der Waals surface area contributed by atoms with Crippen LogP contribution in [-0.2, 0) is 6.54 Å². The lowest BCUT2D eigenvalue weighted by Crippen LogP contribution is -2.41. The molecular weight excluding hydrogens is 252 g/mol. The monoisotopic (exact) mass is 280 g/mol. The van der Waals surface area contributed by atoms with Gasteiger partial charge < -0.3 is 10.6 Å². The van der Waals surface area contributed by atoms with Gasteiger partial charge in [0.15, 0.2) is 0 Å². The van der Waals surface area contributed by atoms with Gasteiger partial charge in [0, 0.05) is 18.3 Å². The fourth-order valence-electron chi connectivity index (χ4n) is 2.03. The molecule has 0 fully saturated rings. The molecule has 1 aromatic rings. The molecular formula is C15H28N4O. The molecule has 1 aromatic heterocycles. The van der Waals surface area contributed by atoms with Crippen LogP contribution < -0.4 is 10.6 Å². The summed E-state index contributed by atoms with van der Waals surface area (Å²) in [6, 6.07) is 2.34. The first-order chi connectivity index (χ1) is 9.42. The maximum atomic E-state index is 11.8. The molecule has 0 radical (unpaired) electrons. The van der Waals surface area contributed by atoms with Gasteiger partial charge in [-0.25, -0.2) is 4.79 Å². The van der Waals surface area contributed by atoms with E-state index in [9.17, 15) is 4.79 Å². The average Bonchev–Trinajstić information content (AvgIpc) is 2.85. The van der Waals surface area contributed by atoms with E-state index in [-0.39, 0.29) is 12.1 Å². The van der Waals surface area contributed by atoms with Crippen molar-refractivity contribution in [2.75, 3.05) is 0 Å². The molecule has 0 aliphatic heterocycles. The number of carbonyl (C=O) groups excluding carboxylic acids is 1. The summed E-state index contributed by atoms with van der Waals surface area (Å²) in [5.74, 6) is 0.632. The second-order valence-corrected chi connectivity index (χ2v) is 5.86. The molecule has 114 valence electrons. The minimum absolute atomic E-state index is 0.125. The summed E-state index contributed by atoms with van der Waals surface area (Å²) in [7, 11) is 0. The quantitative estimate of drug-likeness (QED) is 0.806. The molecule has 2 amide bonds. The summed E-state index contributed by atoms with van der Waals surface area (Å²) in [6.45, 7) is 11.0. The molecule has 0 saturated heterocycles. The Morgan fingerprint density at radius 3 is 2.60 bits per heavy atom. The van der Waals surface area contributed by atoms with Crippen LogP contribution in [0.3, 0.4) is 0 Å². The highest BCUT2D eigenvalue weighted by Gasteiger charge is 2.10. The van der Waals surface area contributed by atoms with Crippen molar-refractivity contribution in [2.45, 2.75) is 66.1 Å². The third kappa shape index (κ3) is 5.63. The van der Waals surface area contributed by atoms with Gasteiger partial charge in [0.05, 0.1) is 12.2 Å². The van der Waals surface area contributed by atoms with Crippen molar-refractivity contribution >= 4 is 6.03 Å². The van der Waals surface area contributed by atoms with Crippen molar-refractivity contribution in [3.05, 3.63) is 18.0 Å². The van der Waals surface area contributed by atoms with E-state index >= 15 is 0 Å². The molecule has 20 heavy (non-hydrogen) atoms. The molecule has 2 N–H and O–H groups in total. The highest BCUT2D eigenvalue weighted by atomic mass is 16.2. The Morgan fingerprint density at radius 1 is 1.35 bits per heavy atom. The highest BCUT2D eigenvalue weighted by molar-refractivity contribution is 5.74. The normalized spacial score (nSPS) is 14.1. The molecule has 0 bridgehead atoms. The van der Waals surface area contributed by atoms with Gasteiger partial charge in [-0.3, -0.25) is 4.68 Å². The lowest BCUT2D eigenvalue weighted by Gasteiger charge is -2.17. The van der Waals surface area contributed by atoms with E-state index in [1.807, 2.05) is 23.9 Å². The van der Waals surface area contributed by atoms with E-state index in [4.69, 9.17) is 0 Å². The molecule has 5 nitrogen and oxygen atoms in total. The number of aromatic nitrogens is 2. The van der Waals surface area contributed by atoms with Gasteiger partial charge in [0.2, 0.25) is 0 Å². The Bertz CT molecular complexity index is 414. The number of hydrogen-bond acceptors (Lipinski definition) is 2. The van der Waals surface area contributed by atoms with Crippen LogP contribution in [0.4, 0.5) is 4.79 Å². The minimum Gasteiger partial charge on any atom is -0.336 e. The maximum absolute atomic E-state index is 11.8. The third-order valence-corrected chi connectivity index (χ3v) is 3.45. The Labute approximate surface area is 122 Å². The van der Waals surface area contributed by atoms with Crippen molar-refractivity contribution in [2.24, 2.45) is 5.92 Å². The second kappa shape index (κ2) is 7.92. The van der Waals surface area contributed by atoms with Gasteiger partial charge in [0.1, 0.15) is 0 Å². The molecule has 0 saturated carbocycles. The topological polar surface area (TPSA) is 59.0 Å². The SMILES string of the molecule is CC[C@H](C)C[C@H](C)NC(=O)NCc1ccn(C(C)C)n1. The summed E-state index contributed by atoms with van der Waals surface area (Å²) in [5.41, 5.74) is 0.878. The molecule has 2 atom stereocenters. The molecule has 0 unspecified atom stereocenters. The zero-order valence-electron chi connectivity index (χ0n) is 13.3. The summed E-state index contributed by atoms with van der Waals surface area (Å²) in [5, 5.41) is 10.2. The number of nitrogens with zero attached hydrogens (tertiary/aromatic N) is 2. The largest absolute Gasteiger partial charge is 0.336 e. The summed E-state index contributed by atoms with van der Waals surface area (Å²) in [4.78, 5) is 11.8.